The van der Waals surface area contributed by atoms with Crippen molar-refractivity contribution in [3.63, 3.8) is 0 Å². The van der Waals surface area contributed by atoms with E-state index in [0.717, 1.165) is 17.7 Å². The second kappa shape index (κ2) is 6.36. The molecule has 1 fully saturated rings. The molecule has 2 heterocycles. The number of rotatable bonds is 4. The Kier molecular flexibility index (Phi) is 4.90. The average Bonchev–Trinajstić information content (AvgIpc) is 2.67. The molecule has 0 aliphatic carbocycles. The number of aromatic nitrogens is 2. The number of ether oxygens (including phenoxy) is 2. The van der Waals surface area contributed by atoms with Gasteiger partial charge in [-0.05, 0) is 27.7 Å². The number of carbonyl (C=O) groups is 1. The van der Waals surface area contributed by atoms with Gasteiger partial charge >= 0.3 is 11.7 Å². The molecule has 140 valence electrons. The number of halogens is 1. The monoisotopic (exact) mass is 359 g/mol. The minimum absolute atomic E-state index is 0.172. The lowest BCUT2D eigenvalue weighted by Gasteiger charge is -2.33. The molecule has 0 saturated carbocycles. The van der Waals surface area contributed by atoms with Crippen molar-refractivity contribution in [1.29, 1.82) is 0 Å². The molecule has 4 N–H and O–H groups in total. The molecular weight excluding hydrogens is 337 g/mol. The van der Waals surface area contributed by atoms with E-state index in [1.807, 2.05) is 0 Å². The molecule has 1 aliphatic rings. The zero-order chi connectivity index (χ0) is 19.2. The summed E-state index contributed by atoms with van der Waals surface area (Å²) in [5.74, 6) is -0.736. The lowest BCUT2D eigenvalue weighted by molar-refractivity contribution is -0.154. The van der Waals surface area contributed by atoms with Gasteiger partial charge in [0, 0.05) is 11.8 Å². The zero-order valence-corrected chi connectivity index (χ0v) is 14.4. The molecule has 1 unspecified atom stereocenters. The highest BCUT2D eigenvalue weighted by Gasteiger charge is 2.63. The highest BCUT2D eigenvalue weighted by atomic mass is 19.1. The minimum Gasteiger partial charge on any atom is -0.462 e. The van der Waals surface area contributed by atoms with Crippen LogP contribution in [0.15, 0.2) is 15.8 Å². The van der Waals surface area contributed by atoms with Crippen LogP contribution < -0.4 is 17.0 Å². The summed E-state index contributed by atoms with van der Waals surface area (Å²) in [5.41, 5.74) is -0.413. The molecule has 0 aromatic carbocycles. The van der Waals surface area contributed by atoms with E-state index in [9.17, 15) is 19.5 Å². The van der Waals surface area contributed by atoms with Gasteiger partial charge in [0.05, 0.1) is 0 Å². The van der Waals surface area contributed by atoms with Crippen molar-refractivity contribution in [3.05, 3.63) is 32.6 Å². The number of aryl methyl sites for hydroxylation is 1. The number of aromatic amines is 1. The number of nitrogens with zero attached hydrogens (tertiary/aromatic N) is 1. The maximum atomic E-state index is 15.3. The van der Waals surface area contributed by atoms with Crippen LogP contribution in [0.4, 0.5) is 4.39 Å². The van der Waals surface area contributed by atoms with Gasteiger partial charge in [0.15, 0.2) is 11.9 Å². The summed E-state index contributed by atoms with van der Waals surface area (Å²) in [6, 6.07) is -0.886. The second-order valence-electron chi connectivity index (χ2n) is 6.60. The summed E-state index contributed by atoms with van der Waals surface area (Å²) in [4.78, 5) is 37.0. The van der Waals surface area contributed by atoms with Crippen molar-refractivity contribution < 1.29 is 23.8 Å². The van der Waals surface area contributed by atoms with Gasteiger partial charge in [-0.25, -0.2) is 9.18 Å². The van der Waals surface area contributed by atoms with Crippen LogP contribution in [0, 0.1) is 6.92 Å². The number of nitrogens with one attached hydrogen (secondary N) is 1. The summed E-state index contributed by atoms with van der Waals surface area (Å²) in [7, 11) is 0. The predicted octanol–water partition coefficient (Wildman–Crippen LogP) is -0.888. The molecule has 0 bridgehead atoms. The van der Waals surface area contributed by atoms with E-state index in [0.29, 0.717) is 0 Å². The normalized spacial score (nSPS) is 33.2. The third-order valence-corrected chi connectivity index (χ3v) is 4.52. The van der Waals surface area contributed by atoms with E-state index in [1.165, 1.54) is 20.8 Å². The van der Waals surface area contributed by atoms with Gasteiger partial charge in [0.1, 0.15) is 24.4 Å². The first-order chi connectivity index (χ1) is 11.4. The van der Waals surface area contributed by atoms with E-state index in [-0.39, 0.29) is 5.56 Å². The topological polar surface area (TPSA) is 137 Å². The summed E-state index contributed by atoms with van der Waals surface area (Å²) in [6.07, 6.45) is -1.62. The summed E-state index contributed by atoms with van der Waals surface area (Å²) >= 11 is 0. The Labute approximate surface area is 142 Å². The van der Waals surface area contributed by atoms with Crippen molar-refractivity contribution in [2.24, 2.45) is 5.73 Å². The van der Waals surface area contributed by atoms with Crippen LogP contribution in [0.5, 0.6) is 0 Å². The average molecular weight is 359 g/mol. The second-order valence-corrected chi connectivity index (χ2v) is 6.60. The van der Waals surface area contributed by atoms with Gasteiger partial charge in [0.25, 0.3) is 5.56 Å². The van der Waals surface area contributed by atoms with E-state index >= 15 is 4.39 Å². The molecule has 1 saturated heterocycles. The Morgan fingerprint density at radius 3 is 2.72 bits per heavy atom. The van der Waals surface area contributed by atoms with Gasteiger partial charge in [-0.15, -0.1) is 0 Å². The van der Waals surface area contributed by atoms with Crippen molar-refractivity contribution in [2.75, 3.05) is 6.61 Å². The lowest BCUT2D eigenvalue weighted by atomic mass is 9.84. The highest BCUT2D eigenvalue weighted by molar-refractivity contribution is 5.74. The first kappa shape index (κ1) is 19.3. The van der Waals surface area contributed by atoms with Gasteiger partial charge in [-0.1, -0.05) is 0 Å². The number of nitrogens with two attached hydrogens (primary N) is 1. The lowest BCUT2D eigenvalue weighted by Crippen LogP contribution is -2.53. The highest BCUT2D eigenvalue weighted by Crippen LogP contribution is 2.47. The summed E-state index contributed by atoms with van der Waals surface area (Å²) < 4.78 is 26.5. The number of hydrogen-bond acceptors (Lipinski definition) is 7. The molecule has 0 radical (unpaired) electrons. The van der Waals surface area contributed by atoms with Crippen LogP contribution in [-0.2, 0) is 14.3 Å². The third-order valence-electron chi connectivity index (χ3n) is 4.52. The maximum Gasteiger partial charge on any atom is 0.330 e. The van der Waals surface area contributed by atoms with Crippen molar-refractivity contribution in [3.8, 4) is 0 Å². The molecule has 1 aliphatic heterocycles. The van der Waals surface area contributed by atoms with E-state index in [4.69, 9.17) is 15.2 Å². The fourth-order valence-corrected chi connectivity index (χ4v) is 2.56. The number of aliphatic hydroxyl groups is 1. The maximum absolute atomic E-state index is 15.3. The van der Waals surface area contributed by atoms with Gasteiger partial charge in [-0.2, -0.15) is 0 Å². The Balaban J connectivity index is 2.36. The Morgan fingerprint density at radius 2 is 2.16 bits per heavy atom. The van der Waals surface area contributed by atoms with Gasteiger partial charge in [0.2, 0.25) is 0 Å². The fourth-order valence-electron chi connectivity index (χ4n) is 2.56. The van der Waals surface area contributed by atoms with Crippen LogP contribution in [0.2, 0.25) is 0 Å². The van der Waals surface area contributed by atoms with Crippen LogP contribution >= 0.6 is 0 Å². The van der Waals surface area contributed by atoms with Crippen molar-refractivity contribution >= 4 is 5.97 Å². The first-order valence-electron chi connectivity index (χ1n) is 7.70. The number of H-pyrrole nitrogens is 1. The van der Waals surface area contributed by atoms with Gasteiger partial charge in [-0.3, -0.25) is 19.1 Å². The molecule has 1 aromatic heterocycles. The Hall–Kier alpha value is -2.04. The van der Waals surface area contributed by atoms with E-state index in [2.05, 4.69) is 4.98 Å². The van der Waals surface area contributed by atoms with Crippen LogP contribution in [0.25, 0.3) is 0 Å². The number of hydrogen-bond donors (Lipinski definition) is 3. The molecule has 9 nitrogen and oxygen atoms in total. The first-order valence-corrected chi connectivity index (χ1v) is 7.70. The number of esters is 1. The number of alkyl halides is 1. The zero-order valence-electron chi connectivity index (χ0n) is 14.4. The number of carbonyl (C=O) groups excluding carboxylic acids is 1. The van der Waals surface area contributed by atoms with Crippen LogP contribution in [0.1, 0.15) is 32.6 Å². The van der Waals surface area contributed by atoms with Gasteiger partial charge < -0.3 is 20.3 Å². The van der Waals surface area contributed by atoms with E-state index in [1.54, 1.807) is 0 Å². The Morgan fingerprint density at radius 1 is 1.56 bits per heavy atom. The molecule has 2 rings (SSSR count). The molecule has 25 heavy (non-hydrogen) atoms. The molecule has 10 heteroatoms. The Bertz CT molecular complexity index is 782. The molecule has 5 atom stereocenters. The summed E-state index contributed by atoms with van der Waals surface area (Å²) in [6.45, 7) is 4.67. The minimum atomic E-state index is -2.41. The van der Waals surface area contributed by atoms with Crippen molar-refractivity contribution in [1.82, 2.24) is 9.55 Å². The summed E-state index contributed by atoms with van der Waals surface area (Å²) in [5, 5.41) is 10.6. The van der Waals surface area contributed by atoms with Crippen molar-refractivity contribution in [2.45, 2.75) is 57.3 Å². The smallest absolute Gasteiger partial charge is 0.330 e. The molecule has 0 amide bonds. The standard InChI is InChI=1S/C15H22FN3O6/c1-7-5-19(13(22)18-10(7)20)12-14(3,16)15(4,23)9(25-12)6-24-11(21)8(2)17/h5,8-9,12,23H,6,17H2,1-4H3,(H,18,20,22)/t8?,9-,12-,14+,15+/m1/s1. The van der Waals surface area contributed by atoms with Crippen LogP contribution in [-0.4, -0.2) is 50.6 Å². The predicted molar refractivity (Wildman–Crippen MR) is 84.7 cm³/mol. The quantitative estimate of drug-likeness (QED) is 0.593. The van der Waals surface area contributed by atoms with E-state index < -0.39 is 53.5 Å². The molecular formula is C15H22FN3O6. The fraction of sp³-hybridized carbons (Fsp3) is 0.667. The molecule has 0 spiro atoms. The third kappa shape index (κ3) is 3.24. The van der Waals surface area contributed by atoms with Crippen LogP contribution in [0.3, 0.4) is 0 Å². The molecule has 1 aromatic rings. The largest absolute Gasteiger partial charge is 0.462 e. The SMILES string of the molecule is Cc1cn([C@@H]2O[C@H](COC(=O)C(C)N)[C@](C)(O)[C@@]2(C)F)c(=O)[nH]c1=O.